The molecule has 1 unspecified atom stereocenters. The highest BCUT2D eigenvalue weighted by Crippen LogP contribution is 2.08. The van der Waals surface area contributed by atoms with Crippen LogP contribution in [0.1, 0.15) is 19.3 Å². The average Bonchev–Trinajstić information content (AvgIpc) is 2.51. The minimum Gasteiger partial charge on any atom is -0.481 e. The fraction of sp³-hybridized carbons (Fsp3) is 0.667. The molecule has 1 rings (SSSR count). The van der Waals surface area contributed by atoms with Gasteiger partial charge in [-0.3, -0.25) is 4.79 Å². The Balaban J connectivity index is 2.07. The summed E-state index contributed by atoms with van der Waals surface area (Å²) in [6.45, 7) is 0.360. The maximum Gasteiger partial charge on any atom is 0.306 e. The summed E-state index contributed by atoms with van der Waals surface area (Å²) in [5.41, 5.74) is 0. The Labute approximate surface area is 77.3 Å². The summed E-state index contributed by atoms with van der Waals surface area (Å²) < 4.78 is 0. The van der Waals surface area contributed by atoms with Crippen LogP contribution < -0.4 is 5.32 Å². The van der Waals surface area contributed by atoms with E-state index in [0.717, 1.165) is 12.8 Å². The van der Waals surface area contributed by atoms with Crippen molar-refractivity contribution in [1.29, 1.82) is 0 Å². The van der Waals surface area contributed by atoms with Crippen LogP contribution in [0.5, 0.6) is 0 Å². The second-order valence-electron chi connectivity index (χ2n) is 3.30. The zero-order valence-corrected chi connectivity index (χ0v) is 7.44. The van der Waals surface area contributed by atoms with E-state index in [1.54, 1.807) is 0 Å². The van der Waals surface area contributed by atoms with E-state index in [2.05, 4.69) is 17.5 Å². The molecule has 1 atom stereocenters. The molecule has 3 N–H and O–H groups in total. The second kappa shape index (κ2) is 4.99. The highest BCUT2D eigenvalue weighted by atomic mass is 16.4. The van der Waals surface area contributed by atoms with Crippen molar-refractivity contribution in [2.45, 2.75) is 31.4 Å². The van der Waals surface area contributed by atoms with E-state index >= 15 is 0 Å². The van der Waals surface area contributed by atoms with E-state index in [4.69, 9.17) is 5.11 Å². The van der Waals surface area contributed by atoms with Gasteiger partial charge in [-0.15, -0.1) is 0 Å². The molecule has 0 aliphatic heterocycles. The zero-order chi connectivity index (χ0) is 9.68. The number of carbonyl (C=O) groups is 1. The SMILES string of the molecule is O=C(O)CC(O)CNC1CC=CC1. The summed E-state index contributed by atoms with van der Waals surface area (Å²) in [5.74, 6) is -0.959. The molecule has 0 aromatic carbocycles. The molecule has 0 aromatic heterocycles. The lowest BCUT2D eigenvalue weighted by atomic mass is 10.2. The van der Waals surface area contributed by atoms with Gasteiger partial charge in [-0.1, -0.05) is 12.2 Å². The van der Waals surface area contributed by atoms with Crippen molar-refractivity contribution in [3.63, 3.8) is 0 Å². The summed E-state index contributed by atoms with van der Waals surface area (Å²) >= 11 is 0. The van der Waals surface area contributed by atoms with Crippen molar-refractivity contribution in [2.24, 2.45) is 0 Å². The van der Waals surface area contributed by atoms with Gasteiger partial charge >= 0.3 is 5.97 Å². The van der Waals surface area contributed by atoms with Gasteiger partial charge in [0.05, 0.1) is 12.5 Å². The molecule has 4 heteroatoms. The van der Waals surface area contributed by atoms with Gasteiger partial charge in [-0.25, -0.2) is 0 Å². The smallest absolute Gasteiger partial charge is 0.306 e. The number of hydrogen-bond acceptors (Lipinski definition) is 3. The van der Waals surface area contributed by atoms with Gasteiger partial charge in [0.15, 0.2) is 0 Å². The Morgan fingerprint density at radius 3 is 2.69 bits per heavy atom. The van der Waals surface area contributed by atoms with Crippen LogP contribution in [-0.4, -0.2) is 34.9 Å². The van der Waals surface area contributed by atoms with Crippen molar-refractivity contribution in [3.05, 3.63) is 12.2 Å². The van der Waals surface area contributed by atoms with Crippen molar-refractivity contribution < 1.29 is 15.0 Å². The summed E-state index contributed by atoms with van der Waals surface area (Å²) in [4.78, 5) is 10.2. The predicted molar refractivity (Wildman–Crippen MR) is 48.4 cm³/mol. The highest BCUT2D eigenvalue weighted by Gasteiger charge is 2.13. The van der Waals surface area contributed by atoms with E-state index in [-0.39, 0.29) is 6.42 Å². The largest absolute Gasteiger partial charge is 0.481 e. The van der Waals surface area contributed by atoms with Crippen LogP contribution in [0.25, 0.3) is 0 Å². The van der Waals surface area contributed by atoms with Gasteiger partial charge in [0, 0.05) is 12.6 Å². The molecule has 1 aliphatic rings. The third-order valence-corrected chi connectivity index (χ3v) is 2.06. The molecule has 13 heavy (non-hydrogen) atoms. The summed E-state index contributed by atoms with van der Waals surface area (Å²) in [7, 11) is 0. The molecule has 0 fully saturated rings. The summed E-state index contributed by atoms with van der Waals surface area (Å²) in [6, 6.07) is 0.378. The lowest BCUT2D eigenvalue weighted by Crippen LogP contribution is -2.35. The fourth-order valence-electron chi connectivity index (χ4n) is 1.36. The first-order chi connectivity index (χ1) is 6.18. The summed E-state index contributed by atoms with van der Waals surface area (Å²) in [5, 5.41) is 20.7. The molecule has 0 aromatic rings. The van der Waals surface area contributed by atoms with Crippen LogP contribution >= 0.6 is 0 Å². The first-order valence-corrected chi connectivity index (χ1v) is 4.46. The van der Waals surface area contributed by atoms with Crippen molar-refractivity contribution in [2.75, 3.05) is 6.54 Å². The quantitative estimate of drug-likeness (QED) is 0.532. The minimum atomic E-state index is -0.959. The van der Waals surface area contributed by atoms with Gasteiger partial charge in [0.25, 0.3) is 0 Å². The Morgan fingerprint density at radius 2 is 2.15 bits per heavy atom. The zero-order valence-electron chi connectivity index (χ0n) is 7.44. The number of rotatable bonds is 5. The predicted octanol–water partition coefficient (Wildman–Crippen LogP) is 0.130. The number of carboxylic acid groups (broad SMARTS) is 1. The number of hydrogen-bond donors (Lipinski definition) is 3. The molecule has 0 bridgehead atoms. The van der Waals surface area contributed by atoms with E-state index in [1.165, 1.54) is 0 Å². The number of aliphatic hydroxyl groups excluding tert-OH is 1. The first kappa shape index (κ1) is 10.2. The average molecular weight is 185 g/mol. The van der Waals surface area contributed by atoms with Crippen LogP contribution in [-0.2, 0) is 4.79 Å². The third-order valence-electron chi connectivity index (χ3n) is 2.06. The van der Waals surface area contributed by atoms with Gasteiger partial charge < -0.3 is 15.5 Å². The fourth-order valence-corrected chi connectivity index (χ4v) is 1.36. The lowest BCUT2D eigenvalue weighted by molar-refractivity contribution is -0.139. The van der Waals surface area contributed by atoms with Crippen LogP contribution in [0.4, 0.5) is 0 Å². The molecule has 74 valence electrons. The Morgan fingerprint density at radius 1 is 1.54 bits per heavy atom. The molecular weight excluding hydrogens is 170 g/mol. The number of aliphatic hydroxyl groups is 1. The van der Waals surface area contributed by atoms with Gasteiger partial charge in [0.2, 0.25) is 0 Å². The standard InChI is InChI=1S/C9H15NO3/c11-8(5-9(12)13)6-10-7-3-1-2-4-7/h1-2,7-8,10-11H,3-6H2,(H,12,13). The van der Waals surface area contributed by atoms with Crippen LogP contribution in [0.3, 0.4) is 0 Å². The lowest BCUT2D eigenvalue weighted by Gasteiger charge is -2.14. The van der Waals surface area contributed by atoms with E-state index < -0.39 is 12.1 Å². The maximum absolute atomic E-state index is 10.2. The number of aliphatic carboxylic acids is 1. The Kier molecular flexibility index (Phi) is 3.92. The van der Waals surface area contributed by atoms with E-state index in [1.807, 2.05) is 0 Å². The topological polar surface area (TPSA) is 69.6 Å². The van der Waals surface area contributed by atoms with Gasteiger partial charge in [-0.2, -0.15) is 0 Å². The number of nitrogens with one attached hydrogen (secondary N) is 1. The van der Waals surface area contributed by atoms with Crippen molar-refractivity contribution >= 4 is 5.97 Å². The second-order valence-corrected chi connectivity index (χ2v) is 3.30. The van der Waals surface area contributed by atoms with Gasteiger partial charge in [-0.05, 0) is 12.8 Å². The third kappa shape index (κ3) is 4.05. The molecule has 0 saturated carbocycles. The van der Waals surface area contributed by atoms with E-state index in [0.29, 0.717) is 12.6 Å². The molecule has 0 heterocycles. The van der Waals surface area contributed by atoms with Crippen LogP contribution in [0.15, 0.2) is 12.2 Å². The molecule has 0 amide bonds. The normalized spacial score (nSPS) is 19.2. The first-order valence-electron chi connectivity index (χ1n) is 4.46. The highest BCUT2D eigenvalue weighted by molar-refractivity contribution is 5.67. The van der Waals surface area contributed by atoms with Gasteiger partial charge in [0.1, 0.15) is 0 Å². The molecular formula is C9H15NO3. The van der Waals surface area contributed by atoms with Crippen LogP contribution in [0, 0.1) is 0 Å². The Hall–Kier alpha value is -0.870. The summed E-state index contributed by atoms with van der Waals surface area (Å²) in [6.07, 6.45) is 5.15. The molecule has 1 aliphatic carbocycles. The number of carboxylic acids is 1. The maximum atomic E-state index is 10.2. The van der Waals surface area contributed by atoms with Crippen molar-refractivity contribution in [3.8, 4) is 0 Å². The molecule has 0 spiro atoms. The molecule has 0 saturated heterocycles. The monoisotopic (exact) mass is 185 g/mol. The molecule has 4 nitrogen and oxygen atoms in total. The van der Waals surface area contributed by atoms with Crippen molar-refractivity contribution in [1.82, 2.24) is 5.32 Å². The van der Waals surface area contributed by atoms with Crippen LogP contribution in [0.2, 0.25) is 0 Å². The van der Waals surface area contributed by atoms with E-state index in [9.17, 15) is 9.90 Å². The Bertz CT molecular complexity index is 195. The minimum absolute atomic E-state index is 0.187. The molecule has 0 radical (unpaired) electrons.